The van der Waals surface area contributed by atoms with Crippen LogP contribution in [0.3, 0.4) is 0 Å². The fourth-order valence-corrected chi connectivity index (χ4v) is 3.39. The summed E-state index contributed by atoms with van der Waals surface area (Å²) in [6.45, 7) is 1.08. The number of benzene rings is 2. The molecule has 0 unspecified atom stereocenters. The molecule has 0 aliphatic carbocycles. The zero-order valence-corrected chi connectivity index (χ0v) is 16.3. The van der Waals surface area contributed by atoms with Crippen molar-refractivity contribution in [2.45, 2.75) is 13.3 Å². The second kappa shape index (κ2) is 8.27. The third-order valence-corrected chi connectivity index (χ3v) is 5.10. The number of sulfonamides is 1. The lowest BCUT2D eigenvalue weighted by Gasteiger charge is -2.24. The first-order valence-electron chi connectivity index (χ1n) is 7.75. The summed E-state index contributed by atoms with van der Waals surface area (Å²) in [5.74, 6) is -1.13. The molecule has 1 amide bonds. The Hall–Kier alpha value is -2.46. The van der Waals surface area contributed by atoms with E-state index in [-0.39, 0.29) is 11.4 Å². The number of amides is 1. The molecule has 1 N–H and O–H groups in total. The third kappa shape index (κ3) is 6.03. The minimum atomic E-state index is -4.82. The van der Waals surface area contributed by atoms with Crippen molar-refractivity contribution in [3.05, 3.63) is 53.1 Å². The predicted octanol–water partition coefficient (Wildman–Crippen LogP) is 3.95. The maximum absolute atomic E-state index is 12.3. The van der Waals surface area contributed by atoms with Crippen LogP contribution >= 0.6 is 11.6 Å². The lowest BCUT2D eigenvalue weighted by Crippen LogP contribution is -2.37. The van der Waals surface area contributed by atoms with Crippen molar-refractivity contribution in [3.8, 4) is 5.75 Å². The first-order chi connectivity index (χ1) is 12.9. The maximum Gasteiger partial charge on any atom is 0.573 e. The highest BCUT2D eigenvalue weighted by Crippen LogP contribution is 2.28. The zero-order valence-electron chi connectivity index (χ0n) is 14.7. The van der Waals surface area contributed by atoms with E-state index in [0.717, 1.165) is 22.7 Å². The Kier molecular flexibility index (Phi) is 6.45. The summed E-state index contributed by atoms with van der Waals surface area (Å²) < 4.78 is 65.4. The molecular weight excluding hydrogens is 421 g/mol. The van der Waals surface area contributed by atoms with Gasteiger partial charge in [0.2, 0.25) is 15.9 Å². The van der Waals surface area contributed by atoms with Gasteiger partial charge in [-0.25, -0.2) is 8.42 Å². The smallest absolute Gasteiger partial charge is 0.406 e. The van der Waals surface area contributed by atoms with Gasteiger partial charge in [-0.3, -0.25) is 9.10 Å². The van der Waals surface area contributed by atoms with Crippen molar-refractivity contribution in [2.75, 3.05) is 22.4 Å². The summed E-state index contributed by atoms with van der Waals surface area (Å²) in [5.41, 5.74) is 0.908. The molecule has 2 aromatic rings. The monoisotopic (exact) mass is 436 g/mol. The molecule has 152 valence electrons. The van der Waals surface area contributed by atoms with E-state index in [4.69, 9.17) is 11.6 Å². The average Bonchev–Trinajstić information content (AvgIpc) is 2.55. The fraction of sp³-hybridized carbons (Fsp3) is 0.235. The van der Waals surface area contributed by atoms with Gasteiger partial charge in [-0.15, -0.1) is 13.2 Å². The van der Waals surface area contributed by atoms with Crippen LogP contribution in [0.25, 0.3) is 0 Å². The fourth-order valence-electron chi connectivity index (χ4n) is 2.32. The van der Waals surface area contributed by atoms with E-state index >= 15 is 0 Å². The lowest BCUT2D eigenvalue weighted by atomic mass is 10.2. The summed E-state index contributed by atoms with van der Waals surface area (Å²) in [6.07, 6.45) is -3.88. The van der Waals surface area contributed by atoms with Crippen LogP contribution in [0.4, 0.5) is 24.5 Å². The minimum Gasteiger partial charge on any atom is -0.406 e. The highest BCUT2D eigenvalue weighted by atomic mass is 35.5. The zero-order chi connectivity index (χ0) is 21.1. The van der Waals surface area contributed by atoms with Gasteiger partial charge in [-0.1, -0.05) is 17.7 Å². The number of halogens is 4. The Bertz CT molecular complexity index is 963. The highest BCUT2D eigenvalue weighted by Gasteiger charge is 2.31. The Morgan fingerprint density at radius 3 is 2.32 bits per heavy atom. The van der Waals surface area contributed by atoms with E-state index in [1.165, 1.54) is 18.2 Å². The number of hydrogen-bond acceptors (Lipinski definition) is 4. The van der Waals surface area contributed by atoms with Crippen LogP contribution in [0.15, 0.2) is 42.5 Å². The normalized spacial score (nSPS) is 11.8. The van der Waals surface area contributed by atoms with Crippen molar-refractivity contribution in [3.63, 3.8) is 0 Å². The first-order valence-corrected chi connectivity index (χ1v) is 9.98. The lowest BCUT2D eigenvalue weighted by molar-refractivity contribution is -0.274. The molecule has 0 spiro atoms. The van der Waals surface area contributed by atoms with Gasteiger partial charge in [0.1, 0.15) is 12.3 Å². The Morgan fingerprint density at radius 1 is 1.18 bits per heavy atom. The van der Waals surface area contributed by atoms with Crippen LogP contribution in [-0.4, -0.2) is 33.5 Å². The van der Waals surface area contributed by atoms with Gasteiger partial charge in [0.25, 0.3) is 0 Å². The molecule has 6 nitrogen and oxygen atoms in total. The molecule has 0 saturated heterocycles. The predicted molar refractivity (Wildman–Crippen MR) is 100 cm³/mol. The number of nitrogens with zero attached hydrogens (tertiary/aromatic N) is 1. The molecule has 0 heterocycles. The molecule has 0 aliphatic heterocycles. The number of carbonyl (C=O) groups excluding carboxylic acids is 1. The summed E-state index contributed by atoms with van der Waals surface area (Å²) >= 11 is 6.02. The van der Waals surface area contributed by atoms with Crippen LogP contribution in [0.1, 0.15) is 5.56 Å². The molecule has 0 aliphatic rings. The topological polar surface area (TPSA) is 75.7 Å². The second-order valence-corrected chi connectivity index (χ2v) is 8.09. The average molecular weight is 437 g/mol. The van der Waals surface area contributed by atoms with Crippen LogP contribution in [0.5, 0.6) is 5.75 Å². The molecule has 11 heteroatoms. The van der Waals surface area contributed by atoms with Crippen LogP contribution < -0.4 is 14.4 Å². The summed E-state index contributed by atoms with van der Waals surface area (Å²) in [4.78, 5) is 12.3. The Labute approximate surface area is 164 Å². The molecule has 0 fully saturated rings. The quantitative estimate of drug-likeness (QED) is 0.744. The Morgan fingerprint density at radius 2 is 1.79 bits per heavy atom. The molecule has 0 saturated carbocycles. The van der Waals surface area contributed by atoms with E-state index < -0.39 is 34.6 Å². The van der Waals surface area contributed by atoms with E-state index in [0.29, 0.717) is 10.6 Å². The van der Waals surface area contributed by atoms with Crippen molar-refractivity contribution < 1.29 is 31.1 Å². The standard InChI is InChI=1S/C17H16ClF3N2O4S/c1-11-14(18)4-3-5-15(11)23(28(2,25)26)10-16(24)22-12-6-8-13(9-7-12)27-17(19,20)21/h3-9H,10H2,1-2H3,(H,22,24). The molecular formula is C17H16ClF3N2O4S. The maximum atomic E-state index is 12.3. The molecule has 2 aromatic carbocycles. The number of hydrogen-bond donors (Lipinski definition) is 1. The van der Waals surface area contributed by atoms with Gasteiger partial charge in [0.15, 0.2) is 0 Å². The highest BCUT2D eigenvalue weighted by molar-refractivity contribution is 7.92. The van der Waals surface area contributed by atoms with Gasteiger partial charge < -0.3 is 10.1 Å². The van der Waals surface area contributed by atoms with Crippen LogP contribution in [-0.2, 0) is 14.8 Å². The number of carbonyl (C=O) groups is 1. The van der Waals surface area contributed by atoms with Gasteiger partial charge in [0, 0.05) is 10.7 Å². The van der Waals surface area contributed by atoms with Crippen molar-refractivity contribution in [1.29, 1.82) is 0 Å². The van der Waals surface area contributed by atoms with Gasteiger partial charge in [0.05, 0.1) is 11.9 Å². The van der Waals surface area contributed by atoms with Crippen LogP contribution in [0, 0.1) is 6.92 Å². The van der Waals surface area contributed by atoms with Crippen LogP contribution in [0.2, 0.25) is 5.02 Å². The van der Waals surface area contributed by atoms with Gasteiger partial charge >= 0.3 is 6.36 Å². The van der Waals surface area contributed by atoms with E-state index in [1.54, 1.807) is 19.1 Å². The molecule has 0 radical (unpaired) electrons. The SMILES string of the molecule is Cc1c(Cl)cccc1N(CC(=O)Nc1ccc(OC(F)(F)F)cc1)S(C)(=O)=O. The molecule has 0 aromatic heterocycles. The van der Waals surface area contributed by atoms with Crippen molar-refractivity contribution >= 4 is 38.9 Å². The number of alkyl halides is 3. The molecule has 2 rings (SSSR count). The summed E-state index contributed by atoms with van der Waals surface area (Å²) in [7, 11) is -3.80. The summed E-state index contributed by atoms with van der Waals surface area (Å²) in [6, 6.07) is 9.12. The van der Waals surface area contributed by atoms with Gasteiger partial charge in [-0.2, -0.15) is 0 Å². The number of rotatable bonds is 6. The first kappa shape index (κ1) is 21.8. The summed E-state index contributed by atoms with van der Waals surface area (Å²) in [5, 5.41) is 2.76. The third-order valence-electron chi connectivity index (χ3n) is 3.57. The molecule has 28 heavy (non-hydrogen) atoms. The number of anilines is 2. The Balaban J connectivity index is 2.16. The van der Waals surface area contributed by atoms with E-state index in [9.17, 15) is 26.4 Å². The number of ether oxygens (including phenoxy) is 1. The van der Waals surface area contributed by atoms with Gasteiger partial charge in [-0.05, 0) is 48.9 Å². The largest absolute Gasteiger partial charge is 0.573 e. The number of nitrogens with one attached hydrogen (secondary N) is 1. The molecule has 0 atom stereocenters. The van der Waals surface area contributed by atoms with Crippen molar-refractivity contribution in [1.82, 2.24) is 0 Å². The minimum absolute atomic E-state index is 0.177. The molecule has 0 bridgehead atoms. The second-order valence-electron chi connectivity index (χ2n) is 5.77. The van der Waals surface area contributed by atoms with Crippen molar-refractivity contribution in [2.24, 2.45) is 0 Å². The van der Waals surface area contributed by atoms with E-state index in [1.807, 2.05) is 0 Å². The van der Waals surface area contributed by atoms with E-state index in [2.05, 4.69) is 10.1 Å².